The third kappa shape index (κ3) is 5.48. The molecule has 0 saturated carbocycles. The molecule has 0 bridgehead atoms. The van der Waals surface area contributed by atoms with Crippen LogP contribution < -0.4 is 4.90 Å². The van der Waals surface area contributed by atoms with Crippen LogP contribution >= 0.6 is 0 Å². The Bertz CT molecular complexity index is 575. The van der Waals surface area contributed by atoms with Crippen LogP contribution in [0.4, 0.5) is 5.69 Å². The first-order valence-electron chi connectivity index (χ1n) is 8.27. The maximum absolute atomic E-state index is 11.8. The number of anilines is 1. The molecule has 0 aromatic heterocycles. The summed E-state index contributed by atoms with van der Waals surface area (Å²) in [5.41, 5.74) is 1.30. The van der Waals surface area contributed by atoms with Gasteiger partial charge in [0.1, 0.15) is 0 Å². The molecule has 1 aliphatic heterocycles. The first-order chi connectivity index (χ1) is 10.9. The van der Waals surface area contributed by atoms with E-state index in [9.17, 15) is 8.42 Å². The Hall–Kier alpha value is -1.11. The number of rotatable bonds is 8. The smallest absolute Gasteiger partial charge is 0.213 e. The molecule has 1 aromatic rings. The normalized spacial score (nSPS) is 19.0. The van der Waals surface area contributed by atoms with Gasteiger partial charge >= 0.3 is 0 Å². The summed E-state index contributed by atoms with van der Waals surface area (Å²) in [5, 5.41) is 0. The summed E-state index contributed by atoms with van der Waals surface area (Å²) in [6.45, 7) is 4.06. The van der Waals surface area contributed by atoms with Gasteiger partial charge in [0.2, 0.25) is 10.0 Å². The van der Waals surface area contributed by atoms with Crippen molar-refractivity contribution in [2.45, 2.75) is 12.8 Å². The molecule has 23 heavy (non-hydrogen) atoms. The first-order valence-corrected chi connectivity index (χ1v) is 9.88. The minimum atomic E-state index is -3.07. The van der Waals surface area contributed by atoms with Gasteiger partial charge in [-0.2, -0.15) is 0 Å². The highest BCUT2D eigenvalue weighted by Gasteiger charge is 2.23. The largest absolute Gasteiger partial charge is 0.371 e. The molecule has 0 spiro atoms. The molecule has 1 atom stereocenters. The maximum Gasteiger partial charge on any atom is 0.213 e. The molecule has 0 amide bonds. The van der Waals surface area contributed by atoms with Crippen molar-refractivity contribution in [3.05, 3.63) is 30.3 Å². The lowest BCUT2D eigenvalue weighted by Gasteiger charge is -2.22. The van der Waals surface area contributed by atoms with E-state index in [2.05, 4.69) is 41.1 Å². The fourth-order valence-electron chi connectivity index (χ4n) is 3.09. The molecular formula is C17H29N3O2S. The molecule has 1 aromatic carbocycles. The molecule has 130 valence electrons. The van der Waals surface area contributed by atoms with Crippen LogP contribution in [0, 0.1) is 5.92 Å². The van der Waals surface area contributed by atoms with E-state index in [-0.39, 0.29) is 5.75 Å². The van der Waals surface area contributed by atoms with Gasteiger partial charge in [-0.3, -0.25) is 0 Å². The Labute approximate surface area is 140 Å². The summed E-state index contributed by atoms with van der Waals surface area (Å²) in [4.78, 5) is 4.71. The molecule has 1 heterocycles. The molecule has 0 unspecified atom stereocenters. The van der Waals surface area contributed by atoms with E-state index >= 15 is 0 Å². The summed E-state index contributed by atoms with van der Waals surface area (Å²) in [5.74, 6) is 0.885. The Morgan fingerprint density at radius 1 is 1.17 bits per heavy atom. The molecule has 0 radical (unpaired) electrons. The third-order valence-electron chi connectivity index (χ3n) is 4.48. The second-order valence-corrected chi connectivity index (χ2v) is 8.95. The maximum atomic E-state index is 11.8. The van der Waals surface area contributed by atoms with Crippen LogP contribution in [0.2, 0.25) is 0 Å². The predicted molar refractivity (Wildman–Crippen MR) is 96.3 cm³/mol. The Morgan fingerprint density at radius 3 is 2.52 bits per heavy atom. The Balaban J connectivity index is 1.71. The van der Waals surface area contributed by atoms with Gasteiger partial charge in [0, 0.05) is 39.4 Å². The van der Waals surface area contributed by atoms with E-state index in [1.54, 1.807) is 14.1 Å². The molecule has 0 aliphatic carbocycles. The van der Waals surface area contributed by atoms with Crippen LogP contribution in [0.3, 0.4) is 0 Å². The van der Waals surface area contributed by atoms with Gasteiger partial charge in [0.15, 0.2) is 0 Å². The molecular weight excluding hydrogens is 310 g/mol. The van der Waals surface area contributed by atoms with Crippen LogP contribution in [0.1, 0.15) is 12.8 Å². The van der Waals surface area contributed by atoms with Gasteiger partial charge < -0.3 is 9.80 Å². The van der Waals surface area contributed by atoms with Gasteiger partial charge in [-0.1, -0.05) is 18.2 Å². The van der Waals surface area contributed by atoms with Gasteiger partial charge in [-0.25, -0.2) is 12.7 Å². The SMILES string of the molecule is CN(CCCS(=O)(=O)N(C)C)C[C@@H]1CCN(c2ccccc2)C1. The number of para-hydroxylation sites is 1. The number of benzene rings is 1. The van der Waals surface area contributed by atoms with Crippen molar-refractivity contribution in [2.24, 2.45) is 5.92 Å². The quantitative estimate of drug-likeness (QED) is 0.723. The van der Waals surface area contributed by atoms with E-state index in [0.717, 1.165) is 26.2 Å². The molecule has 6 heteroatoms. The van der Waals surface area contributed by atoms with E-state index < -0.39 is 10.0 Å². The number of nitrogens with zero attached hydrogens (tertiary/aromatic N) is 3. The number of hydrogen-bond donors (Lipinski definition) is 0. The Kier molecular flexibility index (Phi) is 6.44. The minimum absolute atomic E-state index is 0.227. The average molecular weight is 340 g/mol. The monoisotopic (exact) mass is 339 g/mol. The topological polar surface area (TPSA) is 43.9 Å². The molecule has 2 rings (SSSR count). The second-order valence-electron chi connectivity index (χ2n) is 6.65. The second kappa shape index (κ2) is 8.13. The number of sulfonamides is 1. The fourth-order valence-corrected chi connectivity index (χ4v) is 3.95. The third-order valence-corrected chi connectivity index (χ3v) is 6.39. The molecule has 5 nitrogen and oxygen atoms in total. The summed E-state index contributed by atoms with van der Waals surface area (Å²) in [7, 11) is 2.21. The molecule has 1 fully saturated rings. The van der Waals surface area contributed by atoms with Crippen molar-refractivity contribution < 1.29 is 8.42 Å². The summed E-state index contributed by atoms with van der Waals surface area (Å²) in [6.07, 6.45) is 1.89. The van der Waals surface area contributed by atoms with Gasteiger partial charge in [0.25, 0.3) is 0 Å². The standard InChI is InChI=1S/C17H29N3O2S/c1-18(2)23(21,22)13-7-11-19(3)14-16-10-12-20(15-16)17-8-5-4-6-9-17/h4-6,8-9,16H,7,10-15H2,1-3H3/t16-/m0/s1. The van der Waals surface area contributed by atoms with Crippen LogP contribution in [-0.2, 0) is 10.0 Å². The van der Waals surface area contributed by atoms with Crippen LogP contribution in [0.15, 0.2) is 30.3 Å². The van der Waals surface area contributed by atoms with Gasteiger partial charge in [-0.05, 0) is 44.5 Å². The zero-order valence-corrected chi connectivity index (χ0v) is 15.3. The van der Waals surface area contributed by atoms with Crippen molar-refractivity contribution in [1.29, 1.82) is 0 Å². The minimum Gasteiger partial charge on any atom is -0.371 e. The zero-order chi connectivity index (χ0) is 16.9. The predicted octanol–water partition coefficient (Wildman–Crippen LogP) is 1.73. The van der Waals surface area contributed by atoms with Gasteiger partial charge in [0.05, 0.1) is 5.75 Å². The summed E-state index contributed by atoms with van der Waals surface area (Å²) in [6, 6.07) is 10.5. The average Bonchev–Trinajstić information content (AvgIpc) is 2.96. The van der Waals surface area contributed by atoms with Crippen molar-refractivity contribution >= 4 is 15.7 Å². The van der Waals surface area contributed by atoms with Crippen molar-refractivity contribution in [3.63, 3.8) is 0 Å². The summed E-state index contributed by atoms with van der Waals surface area (Å²) >= 11 is 0. The fraction of sp³-hybridized carbons (Fsp3) is 0.647. The molecule has 0 N–H and O–H groups in total. The lowest BCUT2D eigenvalue weighted by atomic mass is 10.1. The first kappa shape index (κ1) is 18.2. The van der Waals surface area contributed by atoms with Crippen LogP contribution in [-0.4, -0.2) is 70.7 Å². The van der Waals surface area contributed by atoms with Crippen LogP contribution in [0.25, 0.3) is 0 Å². The number of hydrogen-bond acceptors (Lipinski definition) is 4. The Morgan fingerprint density at radius 2 is 1.87 bits per heavy atom. The van der Waals surface area contributed by atoms with Crippen molar-refractivity contribution in [3.8, 4) is 0 Å². The van der Waals surface area contributed by atoms with E-state index in [1.165, 1.54) is 16.4 Å². The van der Waals surface area contributed by atoms with E-state index in [0.29, 0.717) is 12.3 Å². The van der Waals surface area contributed by atoms with Crippen molar-refractivity contribution in [1.82, 2.24) is 9.21 Å². The molecule has 1 aliphatic rings. The lowest BCUT2D eigenvalue weighted by molar-refractivity contribution is 0.287. The van der Waals surface area contributed by atoms with Crippen molar-refractivity contribution in [2.75, 3.05) is 58.0 Å². The van der Waals surface area contributed by atoms with Crippen LogP contribution in [0.5, 0.6) is 0 Å². The van der Waals surface area contributed by atoms with E-state index in [1.807, 2.05) is 6.07 Å². The highest BCUT2D eigenvalue weighted by Crippen LogP contribution is 2.23. The molecule has 1 saturated heterocycles. The lowest BCUT2D eigenvalue weighted by Crippen LogP contribution is -2.31. The highest BCUT2D eigenvalue weighted by atomic mass is 32.2. The zero-order valence-electron chi connectivity index (χ0n) is 14.5. The summed E-state index contributed by atoms with van der Waals surface area (Å²) < 4.78 is 24.8. The van der Waals surface area contributed by atoms with Gasteiger partial charge in [-0.15, -0.1) is 0 Å². The van der Waals surface area contributed by atoms with E-state index in [4.69, 9.17) is 0 Å². The highest BCUT2D eigenvalue weighted by molar-refractivity contribution is 7.89.